The molecule has 1 fully saturated rings. The lowest BCUT2D eigenvalue weighted by Crippen LogP contribution is -2.40. The number of fused-ring (bicyclic) bond motifs is 1. The summed E-state index contributed by atoms with van der Waals surface area (Å²) in [5.41, 5.74) is 2.97. The Morgan fingerprint density at radius 2 is 1.78 bits per heavy atom. The number of piperidine rings is 1. The van der Waals surface area contributed by atoms with Crippen molar-refractivity contribution >= 4 is 23.2 Å². The van der Waals surface area contributed by atoms with Gasteiger partial charge in [0.15, 0.2) is 5.78 Å². The molecule has 0 amide bonds. The first-order chi connectivity index (χ1) is 13.1. The van der Waals surface area contributed by atoms with Gasteiger partial charge in [0.05, 0.1) is 5.92 Å². The summed E-state index contributed by atoms with van der Waals surface area (Å²) in [6, 6.07) is 15.8. The van der Waals surface area contributed by atoms with Gasteiger partial charge in [0.25, 0.3) is 0 Å². The molecule has 1 atom stereocenters. The molecule has 0 spiro atoms. The van der Waals surface area contributed by atoms with Crippen LogP contribution in [0, 0.1) is 11.8 Å². The minimum atomic E-state index is -0.468. The first kappa shape index (κ1) is 18.4. The van der Waals surface area contributed by atoms with E-state index in [0.717, 1.165) is 44.5 Å². The summed E-state index contributed by atoms with van der Waals surface area (Å²) in [5, 5.41) is 0.650. The van der Waals surface area contributed by atoms with E-state index in [1.54, 1.807) is 12.1 Å². The second-order valence-corrected chi connectivity index (χ2v) is 8.13. The van der Waals surface area contributed by atoms with Crippen molar-refractivity contribution < 1.29 is 9.59 Å². The lowest BCUT2D eigenvalue weighted by molar-refractivity contribution is -0.127. The largest absolute Gasteiger partial charge is 0.299 e. The Balaban J connectivity index is 1.37. The van der Waals surface area contributed by atoms with Crippen LogP contribution < -0.4 is 0 Å². The molecular formula is C23H24ClNO2. The number of carbonyl (C=O) groups is 2. The number of Topliss-reactive ketones (excluding diaryl/α,β-unsaturated/α-hetero) is 2. The minimum absolute atomic E-state index is 0.00960. The fourth-order valence-corrected chi connectivity index (χ4v) is 4.60. The minimum Gasteiger partial charge on any atom is -0.299 e. The average Bonchev–Trinajstić information content (AvgIpc) is 2.69. The van der Waals surface area contributed by atoms with E-state index in [1.165, 1.54) is 5.56 Å². The van der Waals surface area contributed by atoms with Gasteiger partial charge in [-0.15, -0.1) is 0 Å². The molecule has 2 aliphatic rings. The first-order valence-electron chi connectivity index (χ1n) is 9.74. The van der Waals surface area contributed by atoms with Gasteiger partial charge in [-0.25, -0.2) is 0 Å². The van der Waals surface area contributed by atoms with E-state index >= 15 is 0 Å². The van der Waals surface area contributed by atoms with Crippen molar-refractivity contribution in [2.75, 3.05) is 13.1 Å². The van der Waals surface area contributed by atoms with Crippen LogP contribution in [0.15, 0.2) is 48.5 Å². The number of halogens is 1. The molecule has 1 saturated heterocycles. The molecule has 2 aromatic rings. The second kappa shape index (κ2) is 7.95. The van der Waals surface area contributed by atoms with E-state index in [0.29, 0.717) is 17.0 Å². The first-order valence-corrected chi connectivity index (χ1v) is 10.1. The van der Waals surface area contributed by atoms with Crippen LogP contribution in [0.4, 0.5) is 0 Å². The number of rotatable bonds is 4. The fraction of sp³-hybridized carbons (Fsp3) is 0.391. The molecule has 0 bridgehead atoms. The highest BCUT2D eigenvalue weighted by Crippen LogP contribution is 2.32. The zero-order valence-corrected chi connectivity index (χ0v) is 16.1. The molecule has 0 N–H and O–H groups in total. The van der Waals surface area contributed by atoms with Gasteiger partial charge in [-0.3, -0.25) is 14.5 Å². The fourth-order valence-electron chi connectivity index (χ4n) is 4.40. The number of aryl methyl sites for hydroxylation is 1. The third-order valence-corrected chi connectivity index (χ3v) is 6.17. The summed E-state index contributed by atoms with van der Waals surface area (Å²) in [6.45, 7) is 2.76. The van der Waals surface area contributed by atoms with E-state index in [1.807, 2.05) is 12.1 Å². The Morgan fingerprint density at radius 1 is 1.04 bits per heavy atom. The molecule has 140 valence electrons. The molecule has 0 saturated carbocycles. The van der Waals surface area contributed by atoms with Gasteiger partial charge in [0.1, 0.15) is 5.78 Å². The molecule has 4 rings (SSSR count). The molecule has 1 unspecified atom stereocenters. The number of hydrogen-bond acceptors (Lipinski definition) is 3. The predicted octanol–water partition coefficient (Wildman–Crippen LogP) is 4.57. The van der Waals surface area contributed by atoms with E-state index in [2.05, 4.69) is 29.2 Å². The van der Waals surface area contributed by atoms with Crippen LogP contribution in [0.5, 0.6) is 0 Å². The summed E-state index contributed by atoms with van der Waals surface area (Å²) in [4.78, 5) is 28.3. The summed E-state index contributed by atoms with van der Waals surface area (Å²) >= 11 is 6.03. The van der Waals surface area contributed by atoms with Crippen molar-refractivity contribution in [3.8, 4) is 0 Å². The Morgan fingerprint density at radius 3 is 2.52 bits per heavy atom. The maximum Gasteiger partial charge on any atom is 0.173 e. The Bertz CT molecular complexity index is 841. The third-order valence-electron chi connectivity index (χ3n) is 5.93. The molecule has 0 radical (unpaired) electrons. The van der Waals surface area contributed by atoms with Crippen LogP contribution in [0.2, 0.25) is 5.02 Å². The maximum absolute atomic E-state index is 13.0. The van der Waals surface area contributed by atoms with Gasteiger partial charge < -0.3 is 0 Å². The maximum atomic E-state index is 13.0. The Labute approximate surface area is 165 Å². The topological polar surface area (TPSA) is 37.4 Å². The number of ketones is 2. The summed E-state index contributed by atoms with van der Waals surface area (Å²) in [6.07, 6.45) is 3.08. The van der Waals surface area contributed by atoms with Crippen molar-refractivity contribution in [2.24, 2.45) is 11.8 Å². The molecule has 0 aromatic heterocycles. The lowest BCUT2D eigenvalue weighted by Gasteiger charge is -2.33. The highest BCUT2D eigenvalue weighted by Gasteiger charge is 2.37. The molecule has 1 aliphatic heterocycles. The molecule has 3 nitrogen and oxygen atoms in total. The van der Waals surface area contributed by atoms with Gasteiger partial charge in [0.2, 0.25) is 0 Å². The van der Waals surface area contributed by atoms with E-state index in [4.69, 9.17) is 11.6 Å². The Hall–Kier alpha value is -1.97. The van der Waals surface area contributed by atoms with Gasteiger partial charge in [0, 0.05) is 23.0 Å². The van der Waals surface area contributed by atoms with Crippen LogP contribution >= 0.6 is 11.6 Å². The molecule has 1 aliphatic carbocycles. The molecular weight excluding hydrogens is 358 g/mol. The Kier molecular flexibility index (Phi) is 5.42. The number of likely N-dealkylation sites (tertiary alicyclic amines) is 1. The van der Waals surface area contributed by atoms with Crippen LogP contribution in [-0.2, 0) is 17.8 Å². The van der Waals surface area contributed by atoms with Crippen molar-refractivity contribution in [3.05, 3.63) is 70.2 Å². The summed E-state index contributed by atoms with van der Waals surface area (Å²) in [7, 11) is 0. The van der Waals surface area contributed by atoms with Gasteiger partial charge >= 0.3 is 0 Å². The normalized spacial score (nSPS) is 21.1. The number of nitrogens with zero attached hydrogens (tertiary/aromatic N) is 1. The SMILES string of the molecule is O=C1c2ccc(Cl)cc2CCC1C(=O)C1CCN(Cc2ccccc2)CC1. The van der Waals surface area contributed by atoms with Gasteiger partial charge in [-0.05, 0) is 68.1 Å². The van der Waals surface area contributed by atoms with Crippen LogP contribution in [0.25, 0.3) is 0 Å². The molecule has 2 aromatic carbocycles. The predicted molar refractivity (Wildman–Crippen MR) is 107 cm³/mol. The van der Waals surface area contributed by atoms with E-state index in [-0.39, 0.29) is 17.5 Å². The molecule has 27 heavy (non-hydrogen) atoms. The smallest absolute Gasteiger partial charge is 0.173 e. The van der Waals surface area contributed by atoms with Crippen LogP contribution in [-0.4, -0.2) is 29.6 Å². The third kappa shape index (κ3) is 3.99. The number of benzene rings is 2. The molecule has 4 heteroatoms. The van der Waals surface area contributed by atoms with Crippen molar-refractivity contribution in [2.45, 2.75) is 32.2 Å². The highest BCUT2D eigenvalue weighted by atomic mass is 35.5. The quantitative estimate of drug-likeness (QED) is 0.728. The van der Waals surface area contributed by atoms with Gasteiger partial charge in [-0.1, -0.05) is 41.9 Å². The summed E-state index contributed by atoms with van der Waals surface area (Å²) < 4.78 is 0. The zero-order chi connectivity index (χ0) is 18.8. The van der Waals surface area contributed by atoms with Crippen LogP contribution in [0.3, 0.4) is 0 Å². The standard InChI is InChI=1S/C23H24ClNO2/c24-19-7-9-20-18(14-19)6-8-21(23(20)27)22(26)17-10-12-25(13-11-17)15-16-4-2-1-3-5-16/h1-5,7,9,14,17,21H,6,8,10-13,15H2. The average molecular weight is 382 g/mol. The zero-order valence-electron chi connectivity index (χ0n) is 15.4. The number of carbonyl (C=O) groups excluding carboxylic acids is 2. The monoisotopic (exact) mass is 381 g/mol. The molecule has 1 heterocycles. The van der Waals surface area contributed by atoms with Crippen LogP contribution in [0.1, 0.15) is 40.7 Å². The second-order valence-electron chi connectivity index (χ2n) is 7.70. The van der Waals surface area contributed by atoms with Crippen molar-refractivity contribution in [1.82, 2.24) is 4.90 Å². The highest BCUT2D eigenvalue weighted by molar-refractivity contribution is 6.30. The lowest BCUT2D eigenvalue weighted by atomic mass is 9.75. The number of hydrogen-bond donors (Lipinski definition) is 0. The van der Waals surface area contributed by atoms with Gasteiger partial charge in [-0.2, -0.15) is 0 Å². The van der Waals surface area contributed by atoms with E-state index < -0.39 is 5.92 Å². The van der Waals surface area contributed by atoms with Crippen molar-refractivity contribution in [3.63, 3.8) is 0 Å². The van der Waals surface area contributed by atoms with Crippen molar-refractivity contribution in [1.29, 1.82) is 0 Å². The van der Waals surface area contributed by atoms with E-state index in [9.17, 15) is 9.59 Å². The summed E-state index contributed by atoms with van der Waals surface area (Å²) in [5.74, 6) is -0.311.